The number of carbonyl (C=O) groups excluding carboxylic acids is 2. The van der Waals surface area contributed by atoms with Crippen molar-refractivity contribution in [2.24, 2.45) is 5.92 Å². The molecule has 2 heterocycles. The molecular weight excluding hydrogens is 566 g/mol. The van der Waals surface area contributed by atoms with Gasteiger partial charge in [-0.1, -0.05) is 31.4 Å². The lowest BCUT2D eigenvalue weighted by Gasteiger charge is -2.36. The van der Waals surface area contributed by atoms with Gasteiger partial charge in [-0.25, -0.2) is 4.79 Å². The maximum Gasteiger partial charge on any atom is 0.338 e. The summed E-state index contributed by atoms with van der Waals surface area (Å²) in [5.74, 6) is 1.20. The molecule has 1 fully saturated rings. The molecule has 45 heavy (non-hydrogen) atoms. The third kappa shape index (κ3) is 7.07. The first-order valence-corrected chi connectivity index (χ1v) is 16.5. The fourth-order valence-corrected chi connectivity index (χ4v) is 7.34. The number of ether oxygens (including phenoxy) is 3. The fourth-order valence-electron chi connectivity index (χ4n) is 7.34. The minimum absolute atomic E-state index is 0.00917. The van der Waals surface area contributed by atoms with Crippen LogP contribution in [-0.2, 0) is 14.3 Å². The van der Waals surface area contributed by atoms with Crippen LogP contribution < -0.4 is 15.0 Å². The number of carbonyl (C=O) groups is 2. The molecule has 2 aromatic carbocycles. The normalized spacial score (nSPS) is 19.8. The van der Waals surface area contributed by atoms with Crippen molar-refractivity contribution in [1.82, 2.24) is 10.2 Å². The maximum absolute atomic E-state index is 14.2. The van der Waals surface area contributed by atoms with Crippen LogP contribution >= 0.6 is 0 Å². The van der Waals surface area contributed by atoms with Crippen LogP contribution in [0.15, 0.2) is 42.0 Å². The molecule has 8 heteroatoms. The quantitative estimate of drug-likeness (QED) is 0.246. The number of nitrogens with one attached hydrogen (secondary N) is 1. The van der Waals surface area contributed by atoms with Gasteiger partial charge in [-0.05, 0) is 100 Å². The average molecular weight is 618 g/mol. The Kier molecular flexibility index (Phi) is 10.2. The molecule has 1 N–H and O–H groups in total. The monoisotopic (exact) mass is 617 g/mol. The number of hydrogen-bond acceptors (Lipinski definition) is 7. The second-order valence-electron chi connectivity index (χ2n) is 13.8. The lowest BCUT2D eigenvalue weighted by atomic mass is 9.72. The van der Waals surface area contributed by atoms with E-state index in [-0.39, 0.29) is 23.8 Å². The van der Waals surface area contributed by atoms with Crippen molar-refractivity contribution in [3.63, 3.8) is 0 Å². The van der Waals surface area contributed by atoms with Gasteiger partial charge in [-0.2, -0.15) is 0 Å². The number of nitrogens with zero attached hydrogens (tertiary/aromatic N) is 2. The Hall–Kier alpha value is -3.36. The number of amides is 1. The molecule has 1 aliphatic carbocycles. The number of anilines is 1. The van der Waals surface area contributed by atoms with Gasteiger partial charge in [0.25, 0.3) is 5.91 Å². The Balaban J connectivity index is 1.60. The average Bonchev–Trinajstić information content (AvgIpc) is 3.28. The summed E-state index contributed by atoms with van der Waals surface area (Å²) >= 11 is 0. The highest BCUT2D eigenvalue weighted by Gasteiger charge is 2.47. The van der Waals surface area contributed by atoms with Gasteiger partial charge in [0.1, 0.15) is 11.4 Å². The Morgan fingerprint density at radius 3 is 2.44 bits per heavy atom. The van der Waals surface area contributed by atoms with Crippen LogP contribution in [0.1, 0.15) is 98.8 Å². The highest BCUT2D eigenvalue weighted by Crippen LogP contribution is 2.57. The van der Waals surface area contributed by atoms with E-state index in [0.29, 0.717) is 37.8 Å². The summed E-state index contributed by atoms with van der Waals surface area (Å²) in [4.78, 5) is 31.7. The predicted molar refractivity (Wildman–Crippen MR) is 179 cm³/mol. The predicted octanol–water partition coefficient (Wildman–Crippen LogP) is 6.36. The van der Waals surface area contributed by atoms with Crippen molar-refractivity contribution in [1.29, 1.82) is 0 Å². The lowest BCUT2D eigenvalue weighted by Crippen LogP contribution is -2.37. The van der Waals surface area contributed by atoms with Crippen LogP contribution in [0.3, 0.4) is 0 Å². The molecule has 0 spiro atoms. The van der Waals surface area contributed by atoms with Gasteiger partial charge in [0, 0.05) is 43.9 Å². The summed E-state index contributed by atoms with van der Waals surface area (Å²) < 4.78 is 17.2. The van der Waals surface area contributed by atoms with E-state index in [1.807, 2.05) is 53.1 Å². The summed E-state index contributed by atoms with van der Waals surface area (Å²) in [6.45, 7) is 10.5. The Morgan fingerprint density at radius 2 is 1.76 bits per heavy atom. The minimum atomic E-state index is -0.593. The zero-order chi connectivity index (χ0) is 32.3. The number of methoxy groups -OCH3 is 1. The lowest BCUT2D eigenvalue weighted by molar-refractivity contribution is -0.126. The van der Waals surface area contributed by atoms with Crippen LogP contribution in [0.4, 0.5) is 5.69 Å². The van der Waals surface area contributed by atoms with Crippen molar-refractivity contribution in [2.45, 2.75) is 77.4 Å². The van der Waals surface area contributed by atoms with Gasteiger partial charge in [0.15, 0.2) is 0 Å². The molecule has 244 valence electrons. The summed E-state index contributed by atoms with van der Waals surface area (Å²) in [7, 11) is 5.43. The van der Waals surface area contributed by atoms with Crippen molar-refractivity contribution in [3.05, 3.63) is 64.2 Å². The molecule has 3 aliphatic rings. The molecule has 2 atom stereocenters. The molecule has 2 unspecified atom stereocenters. The second-order valence-corrected chi connectivity index (χ2v) is 13.8. The smallest absolute Gasteiger partial charge is 0.338 e. The van der Waals surface area contributed by atoms with E-state index in [0.717, 1.165) is 34.7 Å². The molecule has 1 amide bonds. The van der Waals surface area contributed by atoms with Gasteiger partial charge >= 0.3 is 5.97 Å². The zero-order valence-electron chi connectivity index (χ0n) is 28.2. The number of rotatable bonds is 10. The van der Waals surface area contributed by atoms with E-state index >= 15 is 0 Å². The first kappa shape index (κ1) is 33.0. The van der Waals surface area contributed by atoms with Gasteiger partial charge in [0.05, 0.1) is 31.9 Å². The van der Waals surface area contributed by atoms with Gasteiger partial charge < -0.3 is 29.3 Å². The summed E-state index contributed by atoms with van der Waals surface area (Å²) in [5, 5.41) is 3.08. The summed E-state index contributed by atoms with van der Waals surface area (Å²) in [5.41, 5.74) is 6.23. The van der Waals surface area contributed by atoms with Crippen LogP contribution in [0.2, 0.25) is 0 Å². The van der Waals surface area contributed by atoms with E-state index in [2.05, 4.69) is 35.3 Å². The number of allylic oxidation sites excluding steroid dienone is 1. The maximum atomic E-state index is 14.2. The number of likely N-dealkylation sites (N-methyl/N-ethyl adjacent to an activating group) is 2. The van der Waals surface area contributed by atoms with Crippen LogP contribution in [0.25, 0.3) is 5.57 Å². The van der Waals surface area contributed by atoms with E-state index in [1.165, 1.54) is 43.2 Å². The van der Waals surface area contributed by atoms with Crippen molar-refractivity contribution >= 4 is 23.1 Å². The minimum Gasteiger partial charge on any atom is -0.497 e. The van der Waals surface area contributed by atoms with Gasteiger partial charge in [-0.15, -0.1) is 0 Å². The van der Waals surface area contributed by atoms with Crippen LogP contribution in [0, 0.1) is 5.92 Å². The number of hydrogen-bond donors (Lipinski definition) is 1. The zero-order valence-corrected chi connectivity index (χ0v) is 28.2. The molecule has 0 radical (unpaired) electrons. The topological polar surface area (TPSA) is 80.3 Å². The Bertz CT molecular complexity index is 1420. The number of fused-ring (bicyclic) bond motifs is 5. The molecule has 0 bridgehead atoms. The molecule has 0 saturated heterocycles. The highest BCUT2D eigenvalue weighted by molar-refractivity contribution is 6.03. The van der Waals surface area contributed by atoms with Gasteiger partial charge in [0.2, 0.25) is 0 Å². The molecule has 1 saturated carbocycles. The first-order chi connectivity index (χ1) is 21.5. The molecular formula is C37H51N3O5. The van der Waals surface area contributed by atoms with Crippen molar-refractivity contribution in [3.8, 4) is 5.75 Å². The number of esters is 1. The SMILES string of the molecule is CNCCOCCN(C)C(=O)C1=C(C)c2cc(OC)ccc2C2C(C3CCCCC3)c3ccc(C(=O)OC(C)(C)C)cc3N2C1. The van der Waals surface area contributed by atoms with Crippen molar-refractivity contribution in [2.75, 3.05) is 59.0 Å². The first-order valence-electron chi connectivity index (χ1n) is 16.5. The summed E-state index contributed by atoms with van der Waals surface area (Å²) in [6, 6.07) is 12.4. The van der Waals surface area contributed by atoms with Crippen LogP contribution in [0.5, 0.6) is 5.75 Å². The molecule has 5 rings (SSSR count). The molecule has 2 aliphatic heterocycles. The van der Waals surface area contributed by atoms with E-state index < -0.39 is 5.60 Å². The second kappa shape index (κ2) is 14.0. The van der Waals surface area contributed by atoms with Gasteiger partial charge in [-0.3, -0.25) is 4.79 Å². The van der Waals surface area contributed by atoms with Crippen LogP contribution in [-0.4, -0.2) is 76.4 Å². The Labute approximate surface area is 269 Å². The van der Waals surface area contributed by atoms with E-state index in [4.69, 9.17) is 14.2 Å². The standard InChI is InChI=1S/C37H51N3O5/c1-24-30-22-27(43-7)14-16-28(30)34-33(25-11-9-8-10-12-25)29-15-13-26(36(42)45-37(2,3)4)21-32(29)40(34)23-31(24)35(41)39(6)18-20-44-19-17-38-5/h13-16,21-22,25,33-34,38H,8-12,17-20,23H2,1-7H3. The number of benzene rings is 2. The third-order valence-electron chi connectivity index (χ3n) is 9.60. The highest BCUT2D eigenvalue weighted by atomic mass is 16.6. The Morgan fingerprint density at radius 1 is 1.02 bits per heavy atom. The van der Waals surface area contributed by atoms with Crippen molar-refractivity contribution < 1.29 is 23.8 Å². The molecule has 2 aromatic rings. The fraction of sp³-hybridized carbons (Fsp3) is 0.568. The van der Waals surface area contributed by atoms with E-state index in [9.17, 15) is 9.59 Å². The molecule has 8 nitrogen and oxygen atoms in total. The molecule has 0 aromatic heterocycles. The summed E-state index contributed by atoms with van der Waals surface area (Å²) in [6.07, 6.45) is 6.11. The largest absolute Gasteiger partial charge is 0.497 e. The third-order valence-corrected chi connectivity index (χ3v) is 9.60. The van der Waals surface area contributed by atoms with E-state index in [1.54, 1.807) is 12.0 Å².